The van der Waals surface area contributed by atoms with Gasteiger partial charge in [0.1, 0.15) is 5.56 Å². The summed E-state index contributed by atoms with van der Waals surface area (Å²) in [5.41, 5.74) is 9.54. The molecular weight excluding hydrogens is 334 g/mol. The fraction of sp³-hybridized carbons (Fsp3) is 0.316. The number of pyridine rings is 1. The predicted octanol–water partition coefficient (Wildman–Crippen LogP) is 3.49. The lowest BCUT2D eigenvalue weighted by Crippen LogP contribution is -2.17. The number of rotatable bonds is 7. The topological polar surface area (TPSA) is 89.5 Å². The third-order valence-electron chi connectivity index (χ3n) is 3.55. The van der Waals surface area contributed by atoms with E-state index >= 15 is 0 Å². The minimum Gasteiger partial charge on any atom is -0.462 e. The molecule has 2 N–H and O–H groups in total. The number of nitrogens with zero attached hydrogens (tertiary/aromatic N) is 1. The third kappa shape index (κ3) is 4.72. The van der Waals surface area contributed by atoms with Gasteiger partial charge in [0.2, 0.25) is 0 Å². The maximum absolute atomic E-state index is 12.2. The van der Waals surface area contributed by atoms with Crippen molar-refractivity contribution < 1.29 is 19.1 Å². The molecule has 26 heavy (non-hydrogen) atoms. The molecule has 0 atom stereocenters. The normalized spacial score (nSPS) is 10.2. The standard InChI is InChI=1S/C19H23N3O4/c1-5-25-18(23)14-7-9-15(10-8-14)21-22-16-11-12(3)20-13(4)17(16)19(24)26-6-2/h7-11,21H,5-6H2,1-4H3,(H,20,22). The first-order valence-corrected chi connectivity index (χ1v) is 8.40. The van der Waals surface area contributed by atoms with E-state index in [1.165, 1.54) is 0 Å². The minimum absolute atomic E-state index is 0.286. The molecule has 138 valence electrons. The van der Waals surface area contributed by atoms with Crippen molar-refractivity contribution in [2.75, 3.05) is 24.1 Å². The molecule has 7 nitrogen and oxygen atoms in total. The SMILES string of the molecule is CCOC(=O)c1ccc(NNc2cc(C)nc(C)c2C(=O)OCC)cc1. The Labute approximate surface area is 152 Å². The van der Waals surface area contributed by atoms with Crippen LogP contribution in [0.15, 0.2) is 30.3 Å². The van der Waals surface area contributed by atoms with Gasteiger partial charge in [-0.05, 0) is 58.0 Å². The second-order valence-corrected chi connectivity index (χ2v) is 5.54. The van der Waals surface area contributed by atoms with Gasteiger partial charge in [0.05, 0.1) is 35.8 Å². The van der Waals surface area contributed by atoms with Gasteiger partial charge in [0.25, 0.3) is 0 Å². The summed E-state index contributed by atoms with van der Waals surface area (Å²) >= 11 is 0. The summed E-state index contributed by atoms with van der Waals surface area (Å²) in [5.74, 6) is -0.795. The summed E-state index contributed by atoms with van der Waals surface area (Å²) in [6, 6.07) is 8.57. The van der Waals surface area contributed by atoms with Gasteiger partial charge in [0, 0.05) is 5.69 Å². The first-order valence-electron chi connectivity index (χ1n) is 8.40. The number of aryl methyl sites for hydroxylation is 2. The van der Waals surface area contributed by atoms with Crippen molar-refractivity contribution >= 4 is 23.3 Å². The average molecular weight is 357 g/mol. The van der Waals surface area contributed by atoms with E-state index in [1.807, 2.05) is 6.92 Å². The van der Waals surface area contributed by atoms with Crippen molar-refractivity contribution in [2.24, 2.45) is 0 Å². The molecule has 0 unspecified atom stereocenters. The van der Waals surface area contributed by atoms with Gasteiger partial charge in [-0.2, -0.15) is 0 Å². The van der Waals surface area contributed by atoms with Gasteiger partial charge < -0.3 is 14.9 Å². The van der Waals surface area contributed by atoms with Crippen LogP contribution in [0.1, 0.15) is 46.0 Å². The van der Waals surface area contributed by atoms with Crippen LogP contribution in [-0.4, -0.2) is 30.1 Å². The highest BCUT2D eigenvalue weighted by Crippen LogP contribution is 2.21. The smallest absolute Gasteiger partial charge is 0.342 e. The molecule has 0 amide bonds. The molecule has 0 fully saturated rings. The molecule has 7 heteroatoms. The lowest BCUT2D eigenvalue weighted by molar-refractivity contribution is 0.0516. The number of hydrogen-bond acceptors (Lipinski definition) is 7. The largest absolute Gasteiger partial charge is 0.462 e. The Kier molecular flexibility index (Phi) is 6.54. The van der Waals surface area contributed by atoms with Crippen LogP contribution in [0.5, 0.6) is 0 Å². The number of aromatic nitrogens is 1. The van der Waals surface area contributed by atoms with Crippen LogP contribution < -0.4 is 10.9 Å². The summed E-state index contributed by atoms with van der Waals surface area (Å²) in [5, 5.41) is 0. The lowest BCUT2D eigenvalue weighted by Gasteiger charge is -2.15. The van der Waals surface area contributed by atoms with Crippen LogP contribution in [-0.2, 0) is 9.47 Å². The maximum Gasteiger partial charge on any atom is 0.342 e. The molecular formula is C19H23N3O4. The number of carbonyl (C=O) groups is 2. The number of carbonyl (C=O) groups excluding carboxylic acids is 2. The molecule has 1 aromatic heterocycles. The Morgan fingerprint density at radius 2 is 1.58 bits per heavy atom. The molecule has 0 spiro atoms. The summed E-state index contributed by atoms with van der Waals surface area (Å²) in [6.45, 7) is 7.74. The maximum atomic E-state index is 12.2. The van der Waals surface area contributed by atoms with E-state index in [2.05, 4.69) is 15.8 Å². The summed E-state index contributed by atoms with van der Waals surface area (Å²) in [4.78, 5) is 28.2. The van der Waals surface area contributed by atoms with E-state index in [1.54, 1.807) is 51.1 Å². The zero-order valence-corrected chi connectivity index (χ0v) is 15.4. The van der Waals surface area contributed by atoms with Crippen molar-refractivity contribution in [3.63, 3.8) is 0 Å². The molecule has 0 saturated heterocycles. The molecule has 2 rings (SSSR count). The van der Waals surface area contributed by atoms with Gasteiger partial charge in [-0.1, -0.05) is 0 Å². The molecule has 0 aliphatic carbocycles. The summed E-state index contributed by atoms with van der Waals surface area (Å²) in [6.07, 6.45) is 0. The molecule has 1 aromatic carbocycles. The van der Waals surface area contributed by atoms with Crippen molar-refractivity contribution in [3.8, 4) is 0 Å². The number of benzene rings is 1. The van der Waals surface area contributed by atoms with Crippen molar-refractivity contribution in [1.29, 1.82) is 0 Å². The molecule has 1 heterocycles. The Hall–Kier alpha value is -3.09. The monoisotopic (exact) mass is 357 g/mol. The highest BCUT2D eigenvalue weighted by atomic mass is 16.5. The minimum atomic E-state index is -0.431. The quantitative estimate of drug-likeness (QED) is 0.579. The summed E-state index contributed by atoms with van der Waals surface area (Å²) < 4.78 is 10.1. The Balaban J connectivity index is 2.16. The highest BCUT2D eigenvalue weighted by Gasteiger charge is 2.17. The van der Waals surface area contributed by atoms with Gasteiger partial charge in [0.15, 0.2) is 0 Å². The van der Waals surface area contributed by atoms with Crippen molar-refractivity contribution in [3.05, 3.63) is 52.8 Å². The Morgan fingerprint density at radius 1 is 0.962 bits per heavy atom. The fourth-order valence-corrected chi connectivity index (χ4v) is 2.43. The highest BCUT2D eigenvalue weighted by molar-refractivity contribution is 5.97. The van der Waals surface area contributed by atoms with E-state index < -0.39 is 5.97 Å². The van der Waals surface area contributed by atoms with E-state index in [-0.39, 0.29) is 12.6 Å². The zero-order chi connectivity index (χ0) is 19.1. The number of anilines is 2. The second-order valence-electron chi connectivity index (χ2n) is 5.54. The molecule has 0 radical (unpaired) electrons. The van der Waals surface area contributed by atoms with Crippen molar-refractivity contribution in [1.82, 2.24) is 4.98 Å². The van der Waals surface area contributed by atoms with Crippen LogP contribution in [0.25, 0.3) is 0 Å². The molecule has 0 saturated carbocycles. The van der Waals surface area contributed by atoms with Crippen LogP contribution in [0.2, 0.25) is 0 Å². The van der Waals surface area contributed by atoms with Crippen molar-refractivity contribution in [2.45, 2.75) is 27.7 Å². The van der Waals surface area contributed by atoms with Crippen LogP contribution in [0.3, 0.4) is 0 Å². The Bertz CT molecular complexity index is 788. The lowest BCUT2D eigenvalue weighted by atomic mass is 10.1. The Morgan fingerprint density at radius 3 is 2.19 bits per heavy atom. The number of ether oxygens (including phenoxy) is 2. The first kappa shape index (κ1) is 19.2. The van der Waals surface area contributed by atoms with Crippen LogP contribution in [0.4, 0.5) is 11.4 Å². The zero-order valence-electron chi connectivity index (χ0n) is 15.4. The van der Waals surface area contributed by atoms with E-state index in [0.717, 1.165) is 11.4 Å². The van der Waals surface area contributed by atoms with Crippen LogP contribution in [0, 0.1) is 13.8 Å². The number of hydrazine groups is 1. The van der Waals surface area contributed by atoms with Gasteiger partial charge in [-0.3, -0.25) is 10.4 Å². The molecule has 2 aromatic rings. The molecule has 0 aliphatic rings. The average Bonchev–Trinajstić information content (AvgIpc) is 2.60. The second kappa shape index (κ2) is 8.84. The first-order chi connectivity index (χ1) is 12.5. The number of hydrogen-bond donors (Lipinski definition) is 2. The van der Waals surface area contributed by atoms with Gasteiger partial charge in [-0.25, -0.2) is 9.59 Å². The molecule has 0 bridgehead atoms. The fourth-order valence-electron chi connectivity index (χ4n) is 2.43. The van der Waals surface area contributed by atoms with E-state index in [4.69, 9.17) is 9.47 Å². The molecule has 0 aliphatic heterocycles. The third-order valence-corrected chi connectivity index (χ3v) is 3.55. The van der Waals surface area contributed by atoms with Gasteiger partial charge in [-0.15, -0.1) is 0 Å². The van der Waals surface area contributed by atoms with E-state index in [0.29, 0.717) is 29.1 Å². The van der Waals surface area contributed by atoms with E-state index in [9.17, 15) is 9.59 Å². The summed E-state index contributed by atoms with van der Waals surface area (Å²) in [7, 11) is 0. The van der Waals surface area contributed by atoms with Crippen LogP contribution >= 0.6 is 0 Å². The number of esters is 2. The number of nitrogens with one attached hydrogen (secondary N) is 2. The van der Waals surface area contributed by atoms with Gasteiger partial charge >= 0.3 is 11.9 Å². The predicted molar refractivity (Wildman–Crippen MR) is 99.3 cm³/mol.